The van der Waals surface area contributed by atoms with E-state index in [-0.39, 0.29) is 11.9 Å². The summed E-state index contributed by atoms with van der Waals surface area (Å²) in [6.45, 7) is 2.58. The van der Waals surface area contributed by atoms with E-state index < -0.39 is 0 Å². The zero-order chi connectivity index (χ0) is 17.5. The molecular weight excluding hydrogens is 346 g/mol. The molecule has 6 nitrogen and oxygen atoms in total. The Balaban J connectivity index is 1.42. The zero-order valence-electron chi connectivity index (χ0n) is 14.3. The highest BCUT2D eigenvalue weighted by Gasteiger charge is 2.38. The number of amides is 1. The quantitative estimate of drug-likeness (QED) is 0.699. The first-order chi connectivity index (χ1) is 12.8. The van der Waals surface area contributed by atoms with Crippen LogP contribution in [-0.4, -0.2) is 51.4 Å². The molecule has 2 bridgehead atoms. The van der Waals surface area contributed by atoms with E-state index in [0.717, 1.165) is 47.7 Å². The average molecular weight is 365 g/mol. The second-order valence-corrected chi connectivity index (χ2v) is 7.94. The first-order valence-corrected chi connectivity index (χ1v) is 9.81. The Morgan fingerprint density at radius 2 is 2.08 bits per heavy atom. The standard InChI is InChI=1S/C19H19N5OS/c25-19(14-2-4-16-17(7-14)26-12-22-16)24-10-13-1-3-15(24)11-23(9-13)18-8-20-5-6-21-18/h2,4-8,12-13,15H,1,3,9-11H2/t13-,15+/m0/s1. The molecule has 5 heterocycles. The third kappa shape index (κ3) is 2.72. The van der Waals surface area contributed by atoms with Gasteiger partial charge in [0.2, 0.25) is 0 Å². The highest BCUT2D eigenvalue weighted by molar-refractivity contribution is 7.16. The maximum Gasteiger partial charge on any atom is 0.254 e. The minimum atomic E-state index is 0.135. The number of piperidine rings is 1. The lowest BCUT2D eigenvalue weighted by atomic mass is 9.94. The molecule has 6 rings (SSSR count). The van der Waals surface area contributed by atoms with E-state index in [9.17, 15) is 4.79 Å². The van der Waals surface area contributed by atoms with Gasteiger partial charge in [0.1, 0.15) is 5.82 Å². The monoisotopic (exact) mass is 365 g/mol. The van der Waals surface area contributed by atoms with Crippen molar-refractivity contribution in [3.8, 4) is 0 Å². The highest BCUT2D eigenvalue weighted by Crippen LogP contribution is 2.31. The summed E-state index contributed by atoms with van der Waals surface area (Å²) in [6, 6.07) is 6.05. The molecule has 0 radical (unpaired) electrons. The Morgan fingerprint density at radius 3 is 2.96 bits per heavy atom. The van der Waals surface area contributed by atoms with Gasteiger partial charge in [-0.05, 0) is 37.0 Å². The molecule has 0 N–H and O–H groups in total. The predicted molar refractivity (Wildman–Crippen MR) is 101 cm³/mol. The first kappa shape index (κ1) is 15.7. The van der Waals surface area contributed by atoms with Crippen LogP contribution in [0.2, 0.25) is 0 Å². The number of fused-ring (bicyclic) bond motifs is 5. The first-order valence-electron chi connectivity index (χ1n) is 8.93. The largest absolute Gasteiger partial charge is 0.353 e. The number of aromatic nitrogens is 3. The van der Waals surface area contributed by atoms with Gasteiger partial charge in [-0.2, -0.15) is 0 Å². The number of carbonyl (C=O) groups excluding carboxylic acids is 1. The lowest BCUT2D eigenvalue weighted by Crippen LogP contribution is -2.47. The molecule has 2 atom stereocenters. The van der Waals surface area contributed by atoms with Crippen molar-refractivity contribution in [3.63, 3.8) is 0 Å². The second kappa shape index (κ2) is 6.32. The molecule has 3 aliphatic rings. The third-order valence-electron chi connectivity index (χ3n) is 5.43. The topological polar surface area (TPSA) is 62.2 Å². The summed E-state index contributed by atoms with van der Waals surface area (Å²) in [5.41, 5.74) is 3.55. The van der Waals surface area contributed by atoms with Crippen molar-refractivity contribution >= 4 is 33.3 Å². The smallest absolute Gasteiger partial charge is 0.254 e. The van der Waals surface area contributed by atoms with Crippen molar-refractivity contribution < 1.29 is 4.79 Å². The van der Waals surface area contributed by atoms with Crippen molar-refractivity contribution in [2.75, 3.05) is 24.5 Å². The van der Waals surface area contributed by atoms with Crippen LogP contribution in [0.5, 0.6) is 0 Å². The number of hydrogen-bond acceptors (Lipinski definition) is 6. The molecular formula is C19H19N5OS. The van der Waals surface area contributed by atoms with Crippen LogP contribution in [0.25, 0.3) is 10.2 Å². The van der Waals surface area contributed by atoms with Gasteiger partial charge in [-0.15, -0.1) is 11.3 Å². The molecule has 1 aromatic carbocycles. The minimum absolute atomic E-state index is 0.135. The minimum Gasteiger partial charge on any atom is -0.353 e. The van der Waals surface area contributed by atoms with E-state index >= 15 is 0 Å². The molecule has 0 saturated carbocycles. The maximum atomic E-state index is 13.2. The molecule has 0 unspecified atom stereocenters. The normalized spacial score (nSPS) is 22.6. The molecule has 2 aromatic heterocycles. The number of nitrogens with zero attached hydrogens (tertiary/aromatic N) is 5. The van der Waals surface area contributed by atoms with E-state index in [0.29, 0.717) is 5.92 Å². The summed E-state index contributed by atoms with van der Waals surface area (Å²) in [7, 11) is 0. The van der Waals surface area contributed by atoms with E-state index in [2.05, 4.69) is 24.8 Å². The summed E-state index contributed by atoms with van der Waals surface area (Å²) < 4.78 is 1.07. The van der Waals surface area contributed by atoms with Gasteiger partial charge in [0, 0.05) is 43.6 Å². The Hall–Kier alpha value is -2.54. The molecule has 0 spiro atoms. The van der Waals surface area contributed by atoms with E-state index in [1.807, 2.05) is 29.9 Å². The van der Waals surface area contributed by atoms with Crippen LogP contribution in [-0.2, 0) is 0 Å². The summed E-state index contributed by atoms with van der Waals surface area (Å²) in [5.74, 6) is 1.52. The fourth-order valence-corrected chi connectivity index (χ4v) is 4.84. The van der Waals surface area contributed by atoms with Crippen molar-refractivity contribution in [1.82, 2.24) is 19.9 Å². The Morgan fingerprint density at radius 1 is 1.12 bits per heavy atom. The number of thiazole rings is 1. The van der Waals surface area contributed by atoms with Crippen molar-refractivity contribution in [2.45, 2.75) is 18.9 Å². The number of anilines is 1. The van der Waals surface area contributed by atoms with Crippen LogP contribution in [0, 0.1) is 5.92 Å². The average Bonchev–Trinajstić information content (AvgIpc) is 2.97. The van der Waals surface area contributed by atoms with Crippen molar-refractivity contribution in [1.29, 1.82) is 0 Å². The molecule has 1 amide bonds. The number of hydrogen-bond donors (Lipinski definition) is 0. The van der Waals surface area contributed by atoms with Crippen LogP contribution in [0.1, 0.15) is 23.2 Å². The number of rotatable bonds is 2. The lowest BCUT2D eigenvalue weighted by Gasteiger charge is -2.36. The molecule has 0 aliphatic carbocycles. The summed E-state index contributed by atoms with van der Waals surface area (Å²) >= 11 is 1.58. The molecule has 3 aromatic rings. The van der Waals surface area contributed by atoms with Crippen LogP contribution >= 0.6 is 11.3 Å². The fourth-order valence-electron chi connectivity index (χ4n) is 4.13. The highest BCUT2D eigenvalue weighted by atomic mass is 32.1. The van der Waals surface area contributed by atoms with E-state index in [1.54, 1.807) is 23.7 Å². The van der Waals surface area contributed by atoms with Gasteiger partial charge in [0.05, 0.1) is 21.9 Å². The number of benzene rings is 1. The number of carbonyl (C=O) groups is 1. The summed E-state index contributed by atoms with van der Waals surface area (Å²) in [6.07, 6.45) is 7.46. The third-order valence-corrected chi connectivity index (χ3v) is 6.22. The Labute approximate surface area is 155 Å². The van der Waals surface area contributed by atoms with Gasteiger partial charge in [0.25, 0.3) is 5.91 Å². The molecule has 132 valence electrons. The molecule has 3 fully saturated rings. The van der Waals surface area contributed by atoms with Crippen LogP contribution in [0.3, 0.4) is 0 Å². The van der Waals surface area contributed by atoms with Crippen LogP contribution < -0.4 is 4.90 Å². The summed E-state index contributed by atoms with van der Waals surface area (Å²) in [4.78, 5) is 30.5. The molecule has 3 saturated heterocycles. The molecule has 26 heavy (non-hydrogen) atoms. The van der Waals surface area contributed by atoms with Gasteiger partial charge in [-0.25, -0.2) is 9.97 Å². The van der Waals surface area contributed by atoms with Gasteiger partial charge in [-0.1, -0.05) is 0 Å². The fraction of sp³-hybridized carbons (Fsp3) is 0.368. The molecule has 7 heteroatoms. The van der Waals surface area contributed by atoms with Crippen LogP contribution in [0.4, 0.5) is 5.82 Å². The van der Waals surface area contributed by atoms with E-state index in [1.165, 1.54) is 6.42 Å². The second-order valence-electron chi connectivity index (χ2n) is 7.06. The van der Waals surface area contributed by atoms with Gasteiger partial charge >= 0.3 is 0 Å². The summed E-state index contributed by atoms with van der Waals surface area (Å²) in [5, 5.41) is 0. The predicted octanol–water partition coefficient (Wildman–Crippen LogP) is 2.83. The maximum absolute atomic E-state index is 13.2. The van der Waals surface area contributed by atoms with E-state index in [4.69, 9.17) is 0 Å². The van der Waals surface area contributed by atoms with Gasteiger partial charge in [0.15, 0.2) is 0 Å². The van der Waals surface area contributed by atoms with Gasteiger partial charge < -0.3 is 9.80 Å². The Kier molecular flexibility index (Phi) is 3.81. The Bertz CT molecular complexity index is 943. The van der Waals surface area contributed by atoms with Crippen molar-refractivity contribution in [3.05, 3.63) is 47.9 Å². The lowest BCUT2D eigenvalue weighted by molar-refractivity contribution is 0.0592. The molecule has 3 aliphatic heterocycles. The zero-order valence-corrected chi connectivity index (χ0v) is 15.1. The van der Waals surface area contributed by atoms with Crippen LogP contribution in [0.15, 0.2) is 42.3 Å². The van der Waals surface area contributed by atoms with Crippen molar-refractivity contribution in [2.24, 2.45) is 5.92 Å². The van der Waals surface area contributed by atoms with Gasteiger partial charge in [-0.3, -0.25) is 9.78 Å². The SMILES string of the molecule is O=C(c1ccc2ncsc2c1)N1C[C@H]2CC[C@@H]1CN(c1cnccn1)C2.